The minimum Gasteiger partial charge on any atom is -0.479 e. The van der Waals surface area contributed by atoms with Gasteiger partial charge in [0, 0.05) is 17.5 Å². The molecule has 0 aliphatic heterocycles. The molecule has 162 valence electrons. The summed E-state index contributed by atoms with van der Waals surface area (Å²) in [5.41, 5.74) is 2.78. The molecular weight excluding hydrogens is 424 g/mol. The molecule has 0 aliphatic rings. The predicted octanol–water partition coefficient (Wildman–Crippen LogP) is 3.18. The van der Waals surface area contributed by atoms with E-state index in [1.54, 1.807) is 6.07 Å². The average Bonchev–Trinajstić information content (AvgIpc) is 3.23. The number of nitrogens with zero attached hydrogens (tertiary/aromatic N) is 1. The molecule has 0 bridgehead atoms. The Morgan fingerprint density at radius 1 is 1.16 bits per heavy atom. The number of carbonyl (C=O) groups is 2. The number of aliphatic carboxylic acids is 1. The third-order valence-electron chi connectivity index (χ3n) is 4.64. The van der Waals surface area contributed by atoms with Gasteiger partial charge in [-0.25, -0.2) is 4.79 Å². The van der Waals surface area contributed by atoms with Gasteiger partial charge in [-0.2, -0.15) is 0 Å². The topological polar surface area (TPSA) is 122 Å². The molecule has 8 nitrogen and oxygen atoms in total. The number of halogens is 1. The summed E-state index contributed by atoms with van der Waals surface area (Å²) in [6.07, 6.45) is -1.50. The lowest BCUT2D eigenvalue weighted by molar-refractivity contribution is -0.147. The monoisotopic (exact) mass is 444 g/mol. The molecule has 1 heterocycles. The van der Waals surface area contributed by atoms with Crippen LogP contribution in [0.1, 0.15) is 22.5 Å². The van der Waals surface area contributed by atoms with Crippen LogP contribution in [0.15, 0.2) is 59.1 Å². The minimum absolute atomic E-state index is 0.0806. The van der Waals surface area contributed by atoms with Crippen molar-refractivity contribution >= 4 is 23.5 Å². The Kier molecular flexibility index (Phi) is 7.28. The second-order valence-electron chi connectivity index (χ2n) is 6.91. The van der Waals surface area contributed by atoms with Gasteiger partial charge in [0.15, 0.2) is 6.10 Å². The van der Waals surface area contributed by atoms with Crippen molar-refractivity contribution in [2.24, 2.45) is 0 Å². The molecule has 2 unspecified atom stereocenters. The second kappa shape index (κ2) is 10.1. The first kappa shape index (κ1) is 22.3. The molecule has 2 atom stereocenters. The fourth-order valence-corrected chi connectivity index (χ4v) is 3.26. The molecule has 9 heteroatoms. The van der Waals surface area contributed by atoms with Crippen molar-refractivity contribution in [1.82, 2.24) is 10.5 Å². The van der Waals surface area contributed by atoms with Crippen LogP contribution in [0, 0.1) is 0 Å². The average molecular weight is 445 g/mol. The molecule has 0 radical (unpaired) electrons. The van der Waals surface area contributed by atoms with Crippen LogP contribution in [0.25, 0.3) is 11.1 Å². The summed E-state index contributed by atoms with van der Waals surface area (Å²) in [6, 6.07) is 15.7. The number of aromatic nitrogens is 1. The maximum absolute atomic E-state index is 12.5. The molecule has 31 heavy (non-hydrogen) atoms. The molecular formula is C22H21ClN2O6. The number of benzene rings is 2. The molecule has 3 N–H and O–H groups in total. The Bertz CT molecular complexity index is 1050. The number of hydrogen-bond acceptors (Lipinski definition) is 6. The van der Waals surface area contributed by atoms with E-state index in [9.17, 15) is 14.7 Å². The Morgan fingerprint density at radius 2 is 1.90 bits per heavy atom. The van der Waals surface area contributed by atoms with Crippen molar-refractivity contribution in [3.63, 3.8) is 0 Å². The van der Waals surface area contributed by atoms with Gasteiger partial charge in [-0.1, -0.05) is 48.0 Å². The minimum atomic E-state index is -1.62. The number of amides is 1. The second-order valence-corrected chi connectivity index (χ2v) is 7.34. The summed E-state index contributed by atoms with van der Waals surface area (Å²) >= 11 is 6.05. The zero-order valence-corrected chi connectivity index (χ0v) is 17.4. The third kappa shape index (κ3) is 6.07. The molecule has 0 fully saturated rings. The normalized spacial score (nSPS) is 12.7. The smallest absolute Gasteiger partial charge is 0.332 e. The van der Waals surface area contributed by atoms with Gasteiger partial charge in [0.05, 0.1) is 13.2 Å². The molecule has 0 saturated carbocycles. The third-order valence-corrected chi connectivity index (χ3v) is 4.88. The van der Waals surface area contributed by atoms with Crippen LogP contribution < -0.4 is 10.1 Å². The number of methoxy groups -OCH3 is 1. The van der Waals surface area contributed by atoms with Crippen LogP contribution in [0.5, 0.6) is 5.88 Å². The van der Waals surface area contributed by atoms with E-state index in [1.165, 1.54) is 13.2 Å². The molecule has 3 aromatic rings. The largest absolute Gasteiger partial charge is 0.479 e. The van der Waals surface area contributed by atoms with Crippen LogP contribution in [-0.4, -0.2) is 46.5 Å². The summed E-state index contributed by atoms with van der Waals surface area (Å²) in [6.45, 7) is 0. The van der Waals surface area contributed by atoms with Gasteiger partial charge in [-0.05, 0) is 40.4 Å². The lowest BCUT2D eigenvalue weighted by atomic mass is 9.97. The summed E-state index contributed by atoms with van der Waals surface area (Å²) in [5.74, 6) is -1.89. The van der Waals surface area contributed by atoms with Gasteiger partial charge < -0.3 is 24.8 Å². The van der Waals surface area contributed by atoms with E-state index < -0.39 is 24.0 Å². The quantitative estimate of drug-likeness (QED) is 0.463. The zero-order chi connectivity index (χ0) is 22.4. The highest BCUT2D eigenvalue weighted by Crippen LogP contribution is 2.23. The number of aliphatic hydroxyl groups is 1. The maximum Gasteiger partial charge on any atom is 0.332 e. The van der Waals surface area contributed by atoms with E-state index >= 15 is 0 Å². The van der Waals surface area contributed by atoms with Gasteiger partial charge in [-0.15, -0.1) is 0 Å². The van der Waals surface area contributed by atoms with Crippen molar-refractivity contribution < 1.29 is 29.1 Å². The standard InChI is InChI=1S/C22H21ClN2O6/c1-30-20-12-19(31-25-20)21(27)24-17(11-18(26)22(28)29)9-13-5-7-14(8-6-13)15-3-2-4-16(23)10-15/h2-8,10,12,17-18,26H,9,11H2,1H3,(H,24,27)(H,28,29). The van der Waals surface area contributed by atoms with E-state index in [0.29, 0.717) is 11.4 Å². The van der Waals surface area contributed by atoms with Crippen molar-refractivity contribution in [2.75, 3.05) is 7.11 Å². The Morgan fingerprint density at radius 3 is 2.52 bits per heavy atom. The molecule has 2 aromatic carbocycles. The first-order chi connectivity index (χ1) is 14.9. The number of carbonyl (C=O) groups excluding carboxylic acids is 1. The highest BCUT2D eigenvalue weighted by Gasteiger charge is 2.24. The van der Waals surface area contributed by atoms with Crippen LogP contribution >= 0.6 is 11.6 Å². The highest BCUT2D eigenvalue weighted by atomic mass is 35.5. The van der Waals surface area contributed by atoms with Gasteiger partial charge in [0.25, 0.3) is 11.8 Å². The summed E-state index contributed by atoms with van der Waals surface area (Å²) < 4.78 is 9.80. The Labute approximate surface area is 183 Å². The van der Waals surface area contributed by atoms with Crippen molar-refractivity contribution in [3.8, 4) is 17.0 Å². The van der Waals surface area contributed by atoms with Crippen molar-refractivity contribution in [3.05, 3.63) is 70.9 Å². The van der Waals surface area contributed by atoms with Gasteiger partial charge in [-0.3, -0.25) is 4.79 Å². The number of aliphatic hydroxyl groups excluding tert-OH is 1. The first-order valence-electron chi connectivity index (χ1n) is 9.43. The number of nitrogens with one attached hydrogen (secondary N) is 1. The number of carboxylic acids is 1. The molecule has 0 spiro atoms. The maximum atomic E-state index is 12.5. The lowest BCUT2D eigenvalue weighted by Crippen LogP contribution is -2.40. The number of carboxylic acid groups (broad SMARTS) is 1. The van der Waals surface area contributed by atoms with Crippen molar-refractivity contribution in [2.45, 2.75) is 25.0 Å². The lowest BCUT2D eigenvalue weighted by Gasteiger charge is -2.20. The Hall–Kier alpha value is -3.36. The molecule has 3 rings (SSSR count). The first-order valence-corrected chi connectivity index (χ1v) is 9.81. The molecule has 0 aliphatic carbocycles. The van der Waals surface area contributed by atoms with Gasteiger partial charge in [0.2, 0.25) is 5.76 Å². The van der Waals surface area contributed by atoms with Crippen molar-refractivity contribution in [1.29, 1.82) is 0 Å². The molecule has 1 aromatic heterocycles. The van der Waals surface area contributed by atoms with E-state index in [-0.39, 0.29) is 18.1 Å². The summed E-state index contributed by atoms with van der Waals surface area (Å²) in [7, 11) is 1.39. The fraction of sp³-hybridized carbons (Fsp3) is 0.227. The van der Waals surface area contributed by atoms with E-state index in [0.717, 1.165) is 16.7 Å². The predicted molar refractivity (Wildman–Crippen MR) is 113 cm³/mol. The van der Waals surface area contributed by atoms with E-state index in [2.05, 4.69) is 10.5 Å². The van der Waals surface area contributed by atoms with Gasteiger partial charge >= 0.3 is 5.97 Å². The number of rotatable bonds is 9. The SMILES string of the molecule is COc1cc(C(=O)NC(Cc2ccc(-c3cccc(Cl)c3)cc2)CC(O)C(=O)O)on1. The zero-order valence-electron chi connectivity index (χ0n) is 16.6. The fourth-order valence-electron chi connectivity index (χ4n) is 3.07. The molecule has 1 amide bonds. The number of ether oxygens (including phenoxy) is 1. The van der Waals surface area contributed by atoms with E-state index in [4.69, 9.17) is 26.0 Å². The van der Waals surface area contributed by atoms with Crippen LogP contribution in [0.3, 0.4) is 0 Å². The van der Waals surface area contributed by atoms with Crippen LogP contribution in [-0.2, 0) is 11.2 Å². The highest BCUT2D eigenvalue weighted by molar-refractivity contribution is 6.30. The van der Waals surface area contributed by atoms with Crippen LogP contribution in [0.2, 0.25) is 5.02 Å². The summed E-state index contributed by atoms with van der Waals surface area (Å²) in [4.78, 5) is 23.6. The molecule has 0 saturated heterocycles. The Balaban J connectivity index is 1.74. The number of hydrogen-bond donors (Lipinski definition) is 3. The van der Waals surface area contributed by atoms with E-state index in [1.807, 2.05) is 42.5 Å². The van der Waals surface area contributed by atoms with Gasteiger partial charge in [0.1, 0.15) is 0 Å². The summed E-state index contributed by atoms with van der Waals surface area (Å²) in [5, 5.41) is 25.7. The van der Waals surface area contributed by atoms with Crippen LogP contribution in [0.4, 0.5) is 0 Å².